The van der Waals surface area contributed by atoms with Crippen molar-refractivity contribution in [2.45, 2.75) is 51.7 Å². The summed E-state index contributed by atoms with van der Waals surface area (Å²) in [4.78, 5) is 11.5. The Hall–Kier alpha value is -0.770. The van der Waals surface area contributed by atoms with Crippen LogP contribution in [0.1, 0.15) is 40.0 Å². The lowest BCUT2D eigenvalue weighted by Crippen LogP contribution is -2.37. The zero-order valence-corrected chi connectivity index (χ0v) is 12.2. The molecule has 1 amide bonds. The number of nitrogens with one attached hydrogen (secondary N) is 2. The van der Waals surface area contributed by atoms with Crippen LogP contribution in [0, 0.1) is 23.7 Å². The third kappa shape index (κ3) is 2.73. The predicted molar refractivity (Wildman–Crippen MR) is 73.8 cm³/mol. The van der Waals surface area contributed by atoms with Crippen LogP contribution in [-0.4, -0.2) is 30.8 Å². The number of carbonyl (C=O) groups excluding carboxylic acids is 1. The van der Waals surface area contributed by atoms with E-state index in [4.69, 9.17) is 4.74 Å². The van der Waals surface area contributed by atoms with Crippen molar-refractivity contribution in [1.29, 1.82) is 0 Å². The number of carbonyl (C=O) groups is 1. The molecule has 0 heterocycles. The number of hydrogen-bond acceptors (Lipinski definition) is 3. The maximum absolute atomic E-state index is 11.5. The van der Waals surface area contributed by atoms with Crippen LogP contribution < -0.4 is 10.6 Å². The molecule has 3 aliphatic rings. The van der Waals surface area contributed by atoms with E-state index in [0.717, 1.165) is 36.3 Å². The van der Waals surface area contributed by atoms with Gasteiger partial charge in [-0.15, -0.1) is 0 Å². The van der Waals surface area contributed by atoms with E-state index in [0.29, 0.717) is 6.54 Å². The Morgan fingerprint density at radius 3 is 2.37 bits per heavy atom. The lowest BCUT2D eigenvalue weighted by Gasteiger charge is -2.19. The number of hydrogen-bond donors (Lipinski definition) is 2. The number of rotatable bonds is 4. The second-order valence-electron chi connectivity index (χ2n) is 7.40. The molecule has 108 valence electrons. The van der Waals surface area contributed by atoms with Crippen molar-refractivity contribution < 1.29 is 9.53 Å². The Kier molecular flexibility index (Phi) is 3.24. The highest BCUT2D eigenvalue weighted by molar-refractivity contribution is 5.67. The molecule has 3 aliphatic carbocycles. The summed E-state index contributed by atoms with van der Waals surface area (Å²) >= 11 is 0. The van der Waals surface area contributed by atoms with Crippen LogP contribution in [-0.2, 0) is 4.74 Å². The highest BCUT2D eigenvalue weighted by Gasteiger charge is 2.64. The zero-order valence-electron chi connectivity index (χ0n) is 12.2. The van der Waals surface area contributed by atoms with Gasteiger partial charge in [-0.2, -0.15) is 0 Å². The van der Waals surface area contributed by atoms with Crippen molar-refractivity contribution in [2.24, 2.45) is 23.7 Å². The highest BCUT2D eigenvalue weighted by Crippen LogP contribution is 2.65. The van der Waals surface area contributed by atoms with Gasteiger partial charge in [0.2, 0.25) is 0 Å². The average molecular weight is 266 g/mol. The summed E-state index contributed by atoms with van der Waals surface area (Å²) in [5, 5.41) is 6.41. The molecule has 0 radical (unpaired) electrons. The summed E-state index contributed by atoms with van der Waals surface area (Å²) in [6.45, 7) is 7.15. The fourth-order valence-corrected chi connectivity index (χ4v) is 4.32. The quantitative estimate of drug-likeness (QED) is 0.767. The van der Waals surface area contributed by atoms with Crippen molar-refractivity contribution in [3.05, 3.63) is 0 Å². The first-order valence-electron chi connectivity index (χ1n) is 7.66. The van der Waals surface area contributed by atoms with Gasteiger partial charge in [0.15, 0.2) is 0 Å². The summed E-state index contributed by atoms with van der Waals surface area (Å²) in [6, 6.07) is 0.742. The maximum atomic E-state index is 11.5. The molecule has 3 rings (SSSR count). The smallest absolute Gasteiger partial charge is 0.407 e. The number of alkyl carbamates (subject to hydrolysis) is 1. The Balaban J connectivity index is 1.30. The lowest BCUT2D eigenvalue weighted by molar-refractivity contribution is 0.0528. The third-order valence-electron chi connectivity index (χ3n) is 4.91. The van der Waals surface area contributed by atoms with E-state index in [1.807, 2.05) is 20.8 Å². The Morgan fingerprint density at radius 1 is 1.16 bits per heavy atom. The minimum atomic E-state index is -0.412. The van der Waals surface area contributed by atoms with Crippen LogP contribution in [0.4, 0.5) is 4.79 Å². The fourth-order valence-electron chi connectivity index (χ4n) is 4.32. The fraction of sp³-hybridized carbons (Fsp3) is 0.933. The van der Waals surface area contributed by atoms with Crippen molar-refractivity contribution in [3.63, 3.8) is 0 Å². The van der Waals surface area contributed by atoms with E-state index in [1.165, 1.54) is 19.3 Å². The summed E-state index contributed by atoms with van der Waals surface area (Å²) in [5.41, 5.74) is -0.412. The minimum absolute atomic E-state index is 0.314. The molecule has 2 bridgehead atoms. The summed E-state index contributed by atoms with van der Waals surface area (Å²) in [7, 11) is 0. The van der Waals surface area contributed by atoms with Crippen molar-refractivity contribution in [3.8, 4) is 0 Å². The molecule has 19 heavy (non-hydrogen) atoms. The molecule has 4 atom stereocenters. The number of ether oxygens (including phenoxy) is 1. The van der Waals surface area contributed by atoms with Gasteiger partial charge in [0.25, 0.3) is 0 Å². The van der Waals surface area contributed by atoms with Gasteiger partial charge in [-0.25, -0.2) is 4.79 Å². The van der Waals surface area contributed by atoms with Crippen LogP contribution in [0.25, 0.3) is 0 Å². The van der Waals surface area contributed by atoms with Crippen LogP contribution in [0.3, 0.4) is 0 Å². The van der Waals surface area contributed by atoms with Crippen molar-refractivity contribution >= 4 is 6.09 Å². The first-order chi connectivity index (χ1) is 8.96. The van der Waals surface area contributed by atoms with E-state index >= 15 is 0 Å². The molecular weight excluding hydrogens is 240 g/mol. The molecule has 4 unspecified atom stereocenters. The Labute approximate surface area is 115 Å². The van der Waals surface area contributed by atoms with Crippen molar-refractivity contribution in [1.82, 2.24) is 10.6 Å². The zero-order chi connectivity index (χ0) is 13.6. The molecule has 4 nitrogen and oxygen atoms in total. The topological polar surface area (TPSA) is 50.4 Å². The monoisotopic (exact) mass is 266 g/mol. The van der Waals surface area contributed by atoms with Gasteiger partial charge < -0.3 is 15.4 Å². The van der Waals surface area contributed by atoms with Gasteiger partial charge >= 0.3 is 6.09 Å². The van der Waals surface area contributed by atoms with E-state index in [1.54, 1.807) is 0 Å². The molecule has 0 spiro atoms. The molecule has 0 aromatic rings. The van der Waals surface area contributed by atoms with Gasteiger partial charge in [0.1, 0.15) is 5.60 Å². The van der Waals surface area contributed by atoms with Gasteiger partial charge in [-0.1, -0.05) is 0 Å². The summed E-state index contributed by atoms with van der Waals surface area (Å²) in [5.74, 6) is 3.93. The number of fused-ring (bicyclic) bond motifs is 5. The van der Waals surface area contributed by atoms with E-state index < -0.39 is 5.60 Å². The molecule has 0 aliphatic heterocycles. The second kappa shape index (κ2) is 4.65. The predicted octanol–water partition coefficient (Wildman–Crippen LogP) is 2.15. The Morgan fingerprint density at radius 2 is 1.79 bits per heavy atom. The van der Waals surface area contributed by atoms with E-state index in [-0.39, 0.29) is 6.09 Å². The largest absolute Gasteiger partial charge is 0.444 e. The van der Waals surface area contributed by atoms with Crippen LogP contribution >= 0.6 is 0 Å². The summed E-state index contributed by atoms with van der Waals surface area (Å²) in [6.07, 6.45) is 4.09. The van der Waals surface area contributed by atoms with Crippen molar-refractivity contribution in [2.75, 3.05) is 13.1 Å². The SMILES string of the molecule is CC(C)(C)OC(=O)NCCNC1C2C3CCC(C3)C12. The standard InChI is InChI=1S/C15H26N2O2/c1-15(2,3)19-14(18)17-7-6-16-13-11-9-4-5-10(8-9)12(11)13/h9-13,16H,4-8H2,1-3H3,(H,17,18). The van der Waals surface area contributed by atoms with Gasteiger partial charge in [-0.05, 0) is 63.7 Å². The van der Waals surface area contributed by atoms with Gasteiger partial charge in [0.05, 0.1) is 0 Å². The molecule has 3 fully saturated rings. The van der Waals surface area contributed by atoms with Crippen LogP contribution in [0.2, 0.25) is 0 Å². The molecule has 0 aromatic heterocycles. The molecule has 2 N–H and O–H groups in total. The molecule has 0 saturated heterocycles. The normalized spacial score (nSPS) is 39.0. The van der Waals surface area contributed by atoms with E-state index in [2.05, 4.69) is 10.6 Å². The summed E-state index contributed by atoms with van der Waals surface area (Å²) < 4.78 is 5.20. The molecule has 0 aromatic carbocycles. The minimum Gasteiger partial charge on any atom is -0.444 e. The maximum Gasteiger partial charge on any atom is 0.407 e. The van der Waals surface area contributed by atoms with Crippen LogP contribution in [0.15, 0.2) is 0 Å². The second-order valence-corrected chi connectivity index (χ2v) is 7.40. The molecule has 3 saturated carbocycles. The molecular formula is C15H26N2O2. The van der Waals surface area contributed by atoms with Gasteiger partial charge in [-0.3, -0.25) is 0 Å². The molecule has 4 heteroatoms. The third-order valence-corrected chi connectivity index (χ3v) is 4.91. The van der Waals surface area contributed by atoms with Crippen LogP contribution in [0.5, 0.6) is 0 Å². The number of amides is 1. The van der Waals surface area contributed by atoms with Gasteiger partial charge in [0, 0.05) is 19.1 Å². The van der Waals surface area contributed by atoms with E-state index in [9.17, 15) is 4.79 Å². The Bertz CT molecular complexity index is 348. The average Bonchev–Trinajstić information content (AvgIpc) is 2.68. The first kappa shape index (κ1) is 13.2. The first-order valence-corrected chi connectivity index (χ1v) is 7.66. The lowest BCUT2D eigenvalue weighted by atomic mass is 10.0. The highest BCUT2D eigenvalue weighted by atomic mass is 16.6.